The first-order chi connectivity index (χ1) is 10.9. The molecule has 8 heteroatoms. The standard InChI is InChI=1S/C13H21N3O.C2H2O4/c1-4-16(5-2)13-12(9-14-17-13)11-7-6-8-15(3)10-11;3-1(4)2(5)6/h7,9H,4-6,8,10H2,1-3H3;(H,3,4)(H,5,6). The highest BCUT2D eigenvalue weighted by Crippen LogP contribution is 2.29. The van der Waals surface area contributed by atoms with E-state index >= 15 is 0 Å². The maximum absolute atomic E-state index is 9.10. The lowest BCUT2D eigenvalue weighted by Crippen LogP contribution is -2.26. The Kier molecular flexibility index (Phi) is 7.27. The Morgan fingerprint density at radius 1 is 1.30 bits per heavy atom. The van der Waals surface area contributed by atoms with E-state index in [2.05, 4.69) is 41.9 Å². The second-order valence-electron chi connectivity index (χ2n) is 5.08. The van der Waals surface area contributed by atoms with Gasteiger partial charge in [0.2, 0.25) is 5.88 Å². The van der Waals surface area contributed by atoms with E-state index in [1.807, 2.05) is 6.20 Å². The van der Waals surface area contributed by atoms with Crippen LogP contribution in [0.2, 0.25) is 0 Å². The molecule has 1 aromatic rings. The SMILES string of the molecule is CCN(CC)c1oncc1C1=CCCN(C)C1.O=C(O)C(=O)O. The van der Waals surface area contributed by atoms with Crippen LogP contribution < -0.4 is 4.90 Å². The fourth-order valence-electron chi connectivity index (χ4n) is 2.28. The van der Waals surface area contributed by atoms with E-state index < -0.39 is 11.9 Å². The smallest absolute Gasteiger partial charge is 0.414 e. The quantitative estimate of drug-likeness (QED) is 0.800. The Labute approximate surface area is 135 Å². The minimum Gasteiger partial charge on any atom is -0.473 e. The number of rotatable bonds is 4. The van der Waals surface area contributed by atoms with Gasteiger partial charge >= 0.3 is 11.9 Å². The van der Waals surface area contributed by atoms with Crippen molar-refractivity contribution in [1.29, 1.82) is 0 Å². The zero-order valence-corrected chi connectivity index (χ0v) is 13.7. The van der Waals surface area contributed by atoms with Gasteiger partial charge in [-0.15, -0.1) is 0 Å². The molecular formula is C15H23N3O5. The van der Waals surface area contributed by atoms with Gasteiger partial charge in [0.1, 0.15) is 0 Å². The fourth-order valence-corrected chi connectivity index (χ4v) is 2.28. The number of hydrogen-bond donors (Lipinski definition) is 2. The summed E-state index contributed by atoms with van der Waals surface area (Å²) in [6.07, 6.45) is 5.26. The maximum Gasteiger partial charge on any atom is 0.414 e. The molecule has 8 nitrogen and oxygen atoms in total. The van der Waals surface area contributed by atoms with Crippen molar-refractivity contribution in [3.8, 4) is 0 Å². The van der Waals surface area contributed by atoms with E-state index in [-0.39, 0.29) is 0 Å². The normalized spacial score (nSPS) is 14.5. The summed E-state index contributed by atoms with van der Waals surface area (Å²) in [7, 11) is 2.15. The zero-order valence-electron chi connectivity index (χ0n) is 13.7. The van der Waals surface area contributed by atoms with Crippen LogP contribution >= 0.6 is 0 Å². The number of carbonyl (C=O) groups is 2. The Morgan fingerprint density at radius 2 is 1.91 bits per heavy atom. The molecule has 0 saturated carbocycles. The van der Waals surface area contributed by atoms with Crippen molar-refractivity contribution in [2.24, 2.45) is 0 Å². The molecule has 0 fully saturated rings. The number of nitrogens with zero attached hydrogens (tertiary/aromatic N) is 3. The number of hydrogen-bond acceptors (Lipinski definition) is 6. The summed E-state index contributed by atoms with van der Waals surface area (Å²) in [6.45, 7) is 8.28. The van der Waals surface area contributed by atoms with Crippen LogP contribution in [0.3, 0.4) is 0 Å². The minimum atomic E-state index is -1.82. The fraction of sp³-hybridized carbons (Fsp3) is 0.533. The van der Waals surface area contributed by atoms with Gasteiger partial charge in [0.15, 0.2) is 0 Å². The monoisotopic (exact) mass is 325 g/mol. The third kappa shape index (κ3) is 5.41. The number of likely N-dealkylation sites (N-methyl/N-ethyl adjacent to an activating group) is 1. The number of anilines is 1. The van der Waals surface area contributed by atoms with Gasteiger partial charge < -0.3 is 24.5 Å². The molecule has 0 atom stereocenters. The average Bonchev–Trinajstić information content (AvgIpc) is 2.98. The van der Waals surface area contributed by atoms with Gasteiger partial charge in [-0.3, -0.25) is 0 Å². The number of aromatic nitrogens is 1. The van der Waals surface area contributed by atoms with E-state index in [1.165, 1.54) is 5.57 Å². The van der Waals surface area contributed by atoms with Gasteiger partial charge in [-0.25, -0.2) is 9.59 Å². The van der Waals surface area contributed by atoms with Gasteiger partial charge in [-0.05, 0) is 32.9 Å². The summed E-state index contributed by atoms with van der Waals surface area (Å²) in [6, 6.07) is 0. The molecule has 0 bridgehead atoms. The lowest BCUT2D eigenvalue weighted by atomic mass is 10.0. The minimum absolute atomic E-state index is 0.913. The van der Waals surface area contributed by atoms with Crippen molar-refractivity contribution in [3.63, 3.8) is 0 Å². The summed E-state index contributed by atoms with van der Waals surface area (Å²) >= 11 is 0. The Morgan fingerprint density at radius 3 is 2.39 bits per heavy atom. The van der Waals surface area contributed by atoms with Crippen LogP contribution in [0, 0.1) is 0 Å². The summed E-state index contributed by atoms with van der Waals surface area (Å²) in [4.78, 5) is 22.7. The van der Waals surface area contributed by atoms with E-state index in [0.717, 1.165) is 44.0 Å². The van der Waals surface area contributed by atoms with Crippen LogP contribution in [-0.2, 0) is 9.59 Å². The molecule has 0 saturated heterocycles. The molecule has 2 rings (SSSR count). The second-order valence-corrected chi connectivity index (χ2v) is 5.08. The summed E-state index contributed by atoms with van der Waals surface area (Å²) < 4.78 is 5.41. The molecule has 0 aromatic carbocycles. The Bertz CT molecular complexity index is 551. The predicted octanol–water partition coefficient (Wildman–Crippen LogP) is 1.40. The molecule has 2 N–H and O–H groups in total. The van der Waals surface area contributed by atoms with Crippen molar-refractivity contribution < 1.29 is 24.3 Å². The molecule has 0 spiro atoms. The molecule has 23 heavy (non-hydrogen) atoms. The van der Waals surface area contributed by atoms with Crippen LogP contribution in [-0.4, -0.2) is 65.4 Å². The summed E-state index contributed by atoms with van der Waals surface area (Å²) in [5.41, 5.74) is 2.49. The highest BCUT2D eigenvalue weighted by molar-refractivity contribution is 6.27. The first kappa shape index (κ1) is 18.7. The third-order valence-corrected chi connectivity index (χ3v) is 3.47. The van der Waals surface area contributed by atoms with Crippen LogP contribution in [0.5, 0.6) is 0 Å². The van der Waals surface area contributed by atoms with E-state index in [1.54, 1.807) is 0 Å². The topological polar surface area (TPSA) is 107 Å². The van der Waals surface area contributed by atoms with Crippen LogP contribution in [0.25, 0.3) is 5.57 Å². The van der Waals surface area contributed by atoms with E-state index in [4.69, 9.17) is 24.3 Å². The van der Waals surface area contributed by atoms with Gasteiger partial charge in [0, 0.05) is 26.2 Å². The first-order valence-electron chi connectivity index (χ1n) is 7.44. The number of carboxylic acids is 2. The van der Waals surface area contributed by atoms with Crippen molar-refractivity contribution in [2.45, 2.75) is 20.3 Å². The third-order valence-electron chi connectivity index (χ3n) is 3.47. The van der Waals surface area contributed by atoms with Crippen molar-refractivity contribution in [3.05, 3.63) is 17.8 Å². The van der Waals surface area contributed by atoms with Gasteiger partial charge in [0.05, 0.1) is 11.8 Å². The largest absolute Gasteiger partial charge is 0.473 e. The zero-order chi connectivity index (χ0) is 17.4. The summed E-state index contributed by atoms with van der Waals surface area (Å²) in [5, 5.41) is 18.7. The van der Waals surface area contributed by atoms with Gasteiger partial charge in [-0.1, -0.05) is 11.2 Å². The predicted molar refractivity (Wildman–Crippen MR) is 85.4 cm³/mol. The molecule has 0 unspecified atom stereocenters. The molecule has 0 radical (unpaired) electrons. The maximum atomic E-state index is 9.10. The second kappa shape index (κ2) is 8.94. The van der Waals surface area contributed by atoms with Crippen LogP contribution in [0.15, 0.2) is 16.8 Å². The van der Waals surface area contributed by atoms with E-state index in [0.29, 0.717) is 0 Å². The summed E-state index contributed by atoms with van der Waals surface area (Å²) in [5.74, 6) is -2.73. The molecule has 1 aliphatic rings. The van der Waals surface area contributed by atoms with Crippen LogP contribution in [0.1, 0.15) is 25.8 Å². The molecule has 0 amide bonds. The highest BCUT2D eigenvalue weighted by atomic mass is 16.5. The number of carboxylic acid groups (broad SMARTS) is 2. The van der Waals surface area contributed by atoms with Crippen molar-refractivity contribution >= 4 is 23.4 Å². The van der Waals surface area contributed by atoms with E-state index in [9.17, 15) is 0 Å². The Hall–Kier alpha value is -2.35. The first-order valence-corrected chi connectivity index (χ1v) is 7.44. The van der Waals surface area contributed by atoms with Gasteiger partial charge in [-0.2, -0.15) is 0 Å². The molecule has 1 aliphatic heterocycles. The molecule has 0 aliphatic carbocycles. The average molecular weight is 325 g/mol. The number of aliphatic carboxylic acids is 2. The van der Waals surface area contributed by atoms with Crippen molar-refractivity contribution in [2.75, 3.05) is 38.1 Å². The van der Waals surface area contributed by atoms with Crippen LogP contribution in [0.4, 0.5) is 5.88 Å². The molecule has 2 heterocycles. The van der Waals surface area contributed by atoms with Crippen molar-refractivity contribution in [1.82, 2.24) is 10.1 Å². The lowest BCUT2D eigenvalue weighted by Gasteiger charge is -2.24. The lowest BCUT2D eigenvalue weighted by molar-refractivity contribution is -0.159. The Balaban J connectivity index is 0.000000379. The molecular weight excluding hydrogens is 302 g/mol. The molecule has 128 valence electrons. The molecule has 1 aromatic heterocycles. The highest BCUT2D eigenvalue weighted by Gasteiger charge is 2.19. The van der Waals surface area contributed by atoms with Gasteiger partial charge in [0.25, 0.3) is 0 Å².